The molecular formula is C13H13ClN2O3S. The Morgan fingerprint density at radius 2 is 1.85 bits per heavy atom. The molecule has 1 aromatic heterocycles. The van der Waals surface area contributed by atoms with Crippen LogP contribution in [0.4, 0.5) is 0 Å². The van der Waals surface area contributed by atoms with E-state index in [0.29, 0.717) is 5.02 Å². The zero-order valence-corrected chi connectivity index (χ0v) is 12.3. The van der Waals surface area contributed by atoms with Crippen LogP contribution in [0.25, 0.3) is 0 Å². The third kappa shape index (κ3) is 3.09. The van der Waals surface area contributed by atoms with E-state index in [0.717, 1.165) is 9.87 Å². The Bertz CT molecular complexity index is 754. The lowest BCUT2D eigenvalue weighted by Crippen LogP contribution is -2.30. The highest BCUT2D eigenvalue weighted by Gasteiger charge is 2.23. The van der Waals surface area contributed by atoms with Gasteiger partial charge in [0.15, 0.2) is 0 Å². The molecule has 0 bridgehead atoms. The van der Waals surface area contributed by atoms with Crippen molar-refractivity contribution >= 4 is 21.6 Å². The molecule has 20 heavy (non-hydrogen) atoms. The van der Waals surface area contributed by atoms with Crippen molar-refractivity contribution in [2.24, 2.45) is 0 Å². The van der Waals surface area contributed by atoms with Gasteiger partial charge in [0, 0.05) is 37.1 Å². The first-order chi connectivity index (χ1) is 9.41. The van der Waals surface area contributed by atoms with Crippen molar-refractivity contribution in [3.63, 3.8) is 0 Å². The van der Waals surface area contributed by atoms with E-state index in [1.165, 1.54) is 25.5 Å². The van der Waals surface area contributed by atoms with Gasteiger partial charge in [-0.05, 0) is 17.7 Å². The molecule has 1 aromatic carbocycles. The topological polar surface area (TPSA) is 70.2 Å². The summed E-state index contributed by atoms with van der Waals surface area (Å²) in [4.78, 5) is 14.0. The molecule has 2 rings (SSSR count). The number of halogens is 1. The molecule has 1 heterocycles. The van der Waals surface area contributed by atoms with Gasteiger partial charge in [0.1, 0.15) is 4.90 Å². The molecule has 0 spiro atoms. The number of nitrogens with zero attached hydrogens (tertiary/aromatic N) is 1. The Morgan fingerprint density at radius 3 is 2.45 bits per heavy atom. The number of hydrogen-bond acceptors (Lipinski definition) is 3. The van der Waals surface area contributed by atoms with Crippen LogP contribution in [0.2, 0.25) is 5.02 Å². The molecule has 106 valence electrons. The summed E-state index contributed by atoms with van der Waals surface area (Å²) in [5.41, 5.74) is 0.250. The van der Waals surface area contributed by atoms with Gasteiger partial charge in [-0.1, -0.05) is 23.7 Å². The summed E-state index contributed by atoms with van der Waals surface area (Å²) in [5.74, 6) is 0. The second-order valence-corrected chi connectivity index (χ2v) is 6.71. The molecule has 0 saturated carbocycles. The lowest BCUT2D eigenvalue weighted by atomic mass is 10.2. The molecular weight excluding hydrogens is 300 g/mol. The van der Waals surface area contributed by atoms with E-state index in [2.05, 4.69) is 4.98 Å². The van der Waals surface area contributed by atoms with Crippen LogP contribution in [0.3, 0.4) is 0 Å². The molecule has 0 atom stereocenters. The van der Waals surface area contributed by atoms with Gasteiger partial charge < -0.3 is 4.98 Å². The van der Waals surface area contributed by atoms with Gasteiger partial charge in [-0.2, -0.15) is 4.31 Å². The summed E-state index contributed by atoms with van der Waals surface area (Å²) in [7, 11) is -2.39. The molecule has 1 N–H and O–H groups in total. The van der Waals surface area contributed by atoms with Crippen molar-refractivity contribution < 1.29 is 8.42 Å². The second kappa shape index (κ2) is 5.78. The Morgan fingerprint density at radius 1 is 1.20 bits per heavy atom. The van der Waals surface area contributed by atoms with Crippen LogP contribution in [0.15, 0.2) is 52.4 Å². The van der Waals surface area contributed by atoms with Crippen molar-refractivity contribution in [2.75, 3.05) is 7.05 Å². The number of aromatic nitrogens is 1. The SMILES string of the molecule is CN(Cc1ccc(Cl)cc1)S(=O)(=O)c1c[nH]ccc1=O. The van der Waals surface area contributed by atoms with Gasteiger partial charge in [0.25, 0.3) is 0 Å². The van der Waals surface area contributed by atoms with E-state index in [1.807, 2.05) is 0 Å². The van der Waals surface area contributed by atoms with Crippen LogP contribution >= 0.6 is 11.6 Å². The van der Waals surface area contributed by atoms with Gasteiger partial charge in [-0.3, -0.25) is 4.79 Å². The van der Waals surface area contributed by atoms with Crippen LogP contribution < -0.4 is 5.43 Å². The second-order valence-electron chi connectivity index (χ2n) is 4.26. The molecule has 2 aromatic rings. The average molecular weight is 313 g/mol. The summed E-state index contributed by atoms with van der Waals surface area (Å²) in [6.45, 7) is 0.161. The van der Waals surface area contributed by atoms with E-state index in [1.54, 1.807) is 24.3 Å². The van der Waals surface area contributed by atoms with Crippen molar-refractivity contribution in [1.82, 2.24) is 9.29 Å². The van der Waals surface area contributed by atoms with Crippen molar-refractivity contribution in [3.05, 3.63) is 63.5 Å². The Hall–Kier alpha value is -1.63. The Kier molecular flexibility index (Phi) is 4.27. The lowest BCUT2D eigenvalue weighted by molar-refractivity contribution is 0.466. The smallest absolute Gasteiger partial charge is 0.248 e. The van der Waals surface area contributed by atoms with Crippen molar-refractivity contribution in [3.8, 4) is 0 Å². The monoisotopic (exact) mass is 312 g/mol. The number of pyridine rings is 1. The first kappa shape index (κ1) is 14.8. The summed E-state index contributed by atoms with van der Waals surface area (Å²) in [6.07, 6.45) is 2.58. The van der Waals surface area contributed by atoms with Gasteiger partial charge in [-0.25, -0.2) is 8.42 Å². The molecule has 0 aliphatic rings. The van der Waals surface area contributed by atoms with E-state index in [-0.39, 0.29) is 11.4 Å². The van der Waals surface area contributed by atoms with E-state index >= 15 is 0 Å². The minimum Gasteiger partial charge on any atom is -0.366 e. The summed E-state index contributed by atoms with van der Waals surface area (Å²) in [5, 5.41) is 0.582. The standard InChI is InChI=1S/C13H13ClN2O3S/c1-16(9-10-2-4-11(14)5-3-10)20(18,19)13-8-15-7-6-12(13)17/h2-8H,9H2,1H3,(H,15,17). The van der Waals surface area contributed by atoms with E-state index in [9.17, 15) is 13.2 Å². The number of nitrogens with one attached hydrogen (secondary N) is 1. The minimum atomic E-state index is -3.82. The van der Waals surface area contributed by atoms with Crippen LogP contribution in [-0.2, 0) is 16.6 Å². The van der Waals surface area contributed by atoms with Gasteiger partial charge in [0.05, 0.1) is 0 Å². The number of rotatable bonds is 4. The maximum atomic E-state index is 12.3. The van der Waals surface area contributed by atoms with Crippen molar-refractivity contribution in [2.45, 2.75) is 11.4 Å². The lowest BCUT2D eigenvalue weighted by Gasteiger charge is -2.16. The fourth-order valence-electron chi connectivity index (χ4n) is 1.70. The fraction of sp³-hybridized carbons (Fsp3) is 0.154. The molecule has 0 radical (unpaired) electrons. The van der Waals surface area contributed by atoms with Crippen LogP contribution in [-0.4, -0.2) is 24.8 Å². The Labute approximate surface area is 121 Å². The zero-order chi connectivity index (χ0) is 14.8. The quantitative estimate of drug-likeness (QED) is 0.936. The molecule has 0 aliphatic carbocycles. The van der Waals surface area contributed by atoms with Crippen molar-refractivity contribution in [1.29, 1.82) is 0 Å². The number of benzene rings is 1. The summed E-state index contributed by atoms with van der Waals surface area (Å²) < 4.78 is 25.7. The maximum Gasteiger partial charge on any atom is 0.248 e. The van der Waals surface area contributed by atoms with E-state index in [4.69, 9.17) is 11.6 Å². The summed E-state index contributed by atoms with van der Waals surface area (Å²) >= 11 is 5.78. The highest BCUT2D eigenvalue weighted by molar-refractivity contribution is 7.89. The van der Waals surface area contributed by atoms with Gasteiger partial charge in [0.2, 0.25) is 15.5 Å². The first-order valence-electron chi connectivity index (χ1n) is 5.79. The van der Waals surface area contributed by atoms with Crippen LogP contribution in [0.5, 0.6) is 0 Å². The third-order valence-corrected chi connectivity index (χ3v) is 4.87. The minimum absolute atomic E-state index is 0.161. The zero-order valence-electron chi connectivity index (χ0n) is 10.7. The normalized spacial score (nSPS) is 11.8. The molecule has 0 aliphatic heterocycles. The number of sulfonamides is 1. The molecule has 0 fully saturated rings. The molecule has 7 heteroatoms. The predicted octanol–water partition coefficient (Wildman–Crippen LogP) is 1.85. The van der Waals surface area contributed by atoms with Gasteiger partial charge in [-0.15, -0.1) is 0 Å². The molecule has 5 nitrogen and oxygen atoms in total. The molecule has 0 amide bonds. The average Bonchev–Trinajstić information content (AvgIpc) is 2.41. The van der Waals surface area contributed by atoms with Gasteiger partial charge >= 0.3 is 0 Å². The molecule has 0 unspecified atom stereocenters. The molecule has 0 saturated heterocycles. The number of aromatic amines is 1. The number of hydrogen-bond donors (Lipinski definition) is 1. The Balaban J connectivity index is 2.28. The highest BCUT2D eigenvalue weighted by Crippen LogP contribution is 2.15. The fourth-order valence-corrected chi connectivity index (χ4v) is 3.02. The van der Waals surface area contributed by atoms with Crippen LogP contribution in [0.1, 0.15) is 5.56 Å². The first-order valence-corrected chi connectivity index (χ1v) is 7.61. The summed E-state index contributed by atoms with van der Waals surface area (Å²) in [6, 6.07) is 8.04. The third-order valence-electron chi connectivity index (χ3n) is 2.79. The number of H-pyrrole nitrogens is 1. The van der Waals surface area contributed by atoms with Crippen LogP contribution in [0, 0.1) is 0 Å². The maximum absolute atomic E-state index is 12.3. The largest absolute Gasteiger partial charge is 0.366 e. The predicted molar refractivity (Wildman–Crippen MR) is 77.2 cm³/mol. The van der Waals surface area contributed by atoms with E-state index < -0.39 is 15.5 Å². The highest BCUT2D eigenvalue weighted by atomic mass is 35.5.